The van der Waals surface area contributed by atoms with Gasteiger partial charge in [-0.15, -0.1) is 11.3 Å². The fraction of sp³-hybridized carbons (Fsp3) is 0.211. The number of imidazole rings is 1. The summed E-state index contributed by atoms with van der Waals surface area (Å²) in [4.78, 5) is 24.8. The number of anilines is 1. The van der Waals surface area contributed by atoms with Crippen molar-refractivity contribution in [1.29, 1.82) is 0 Å². The standard InChI is InChI=1S/C19H16N4OS2/c1-11-16(17(24)22-18-20-13-8-5-9-15(13)25-18)26-19-21-14(10-23(11)19)12-6-3-2-4-7-12/h2-4,6-7,10H,5,8-9H2,1H3,(H,20,22,24). The van der Waals surface area contributed by atoms with Gasteiger partial charge < -0.3 is 0 Å². The van der Waals surface area contributed by atoms with E-state index in [-0.39, 0.29) is 5.91 Å². The van der Waals surface area contributed by atoms with Gasteiger partial charge in [0, 0.05) is 22.3 Å². The van der Waals surface area contributed by atoms with Gasteiger partial charge in [-0.3, -0.25) is 14.5 Å². The molecule has 1 N–H and O–H groups in total. The molecule has 0 radical (unpaired) electrons. The van der Waals surface area contributed by atoms with E-state index in [1.165, 1.54) is 22.6 Å². The van der Waals surface area contributed by atoms with Crippen LogP contribution in [0.5, 0.6) is 0 Å². The van der Waals surface area contributed by atoms with Gasteiger partial charge in [-0.05, 0) is 26.2 Å². The average molecular weight is 380 g/mol. The summed E-state index contributed by atoms with van der Waals surface area (Å²) in [6, 6.07) is 10.1. The highest BCUT2D eigenvalue weighted by atomic mass is 32.1. The lowest BCUT2D eigenvalue weighted by molar-refractivity contribution is 0.102. The molecule has 5 rings (SSSR count). The zero-order valence-corrected chi connectivity index (χ0v) is 15.8. The molecule has 0 spiro atoms. The number of fused-ring (bicyclic) bond motifs is 2. The lowest BCUT2D eigenvalue weighted by atomic mass is 10.2. The third-order valence-electron chi connectivity index (χ3n) is 4.65. The van der Waals surface area contributed by atoms with Gasteiger partial charge in [-0.1, -0.05) is 41.7 Å². The van der Waals surface area contributed by atoms with E-state index in [0.29, 0.717) is 10.0 Å². The second kappa shape index (κ2) is 6.03. The number of nitrogens with one attached hydrogen (secondary N) is 1. The summed E-state index contributed by atoms with van der Waals surface area (Å²) in [6.45, 7) is 1.96. The highest BCUT2D eigenvalue weighted by Crippen LogP contribution is 2.32. The molecule has 5 nitrogen and oxygen atoms in total. The van der Waals surface area contributed by atoms with Crippen molar-refractivity contribution in [3.05, 3.63) is 57.7 Å². The van der Waals surface area contributed by atoms with Crippen molar-refractivity contribution < 1.29 is 4.79 Å². The quantitative estimate of drug-likeness (QED) is 0.566. The number of carbonyl (C=O) groups is 1. The smallest absolute Gasteiger partial charge is 0.269 e. The van der Waals surface area contributed by atoms with Gasteiger partial charge in [0.05, 0.1) is 11.4 Å². The van der Waals surface area contributed by atoms with Gasteiger partial charge >= 0.3 is 0 Å². The van der Waals surface area contributed by atoms with E-state index in [4.69, 9.17) is 0 Å². The molecule has 0 saturated carbocycles. The van der Waals surface area contributed by atoms with Crippen molar-refractivity contribution in [3.8, 4) is 11.3 Å². The number of hydrogen-bond donors (Lipinski definition) is 1. The fourth-order valence-electron chi connectivity index (χ4n) is 3.31. The van der Waals surface area contributed by atoms with Crippen LogP contribution in [0.15, 0.2) is 36.5 Å². The van der Waals surface area contributed by atoms with Crippen molar-refractivity contribution in [3.63, 3.8) is 0 Å². The molecule has 26 heavy (non-hydrogen) atoms. The molecule has 1 aliphatic rings. The van der Waals surface area contributed by atoms with E-state index in [1.54, 1.807) is 11.3 Å². The third-order valence-corrected chi connectivity index (χ3v) is 6.88. The van der Waals surface area contributed by atoms with Gasteiger partial charge in [0.1, 0.15) is 4.88 Å². The van der Waals surface area contributed by atoms with Crippen molar-refractivity contribution >= 4 is 38.7 Å². The van der Waals surface area contributed by atoms with Crippen LogP contribution < -0.4 is 5.32 Å². The highest BCUT2D eigenvalue weighted by Gasteiger charge is 2.21. The van der Waals surface area contributed by atoms with Gasteiger partial charge in [-0.25, -0.2) is 9.97 Å². The number of rotatable bonds is 3. The number of hydrogen-bond acceptors (Lipinski definition) is 5. The van der Waals surface area contributed by atoms with Crippen molar-refractivity contribution in [2.75, 3.05) is 5.32 Å². The van der Waals surface area contributed by atoms with Crippen molar-refractivity contribution in [2.45, 2.75) is 26.2 Å². The van der Waals surface area contributed by atoms with Gasteiger partial charge in [0.25, 0.3) is 5.91 Å². The number of nitrogens with zero attached hydrogens (tertiary/aromatic N) is 3. The first-order valence-electron chi connectivity index (χ1n) is 8.53. The Kier molecular flexibility index (Phi) is 3.65. The first-order valence-corrected chi connectivity index (χ1v) is 10.2. The van der Waals surface area contributed by atoms with E-state index in [9.17, 15) is 4.79 Å². The van der Waals surface area contributed by atoms with Gasteiger partial charge in [0.2, 0.25) is 0 Å². The molecular formula is C19H16N4OS2. The Balaban J connectivity index is 1.44. The number of carbonyl (C=O) groups excluding carboxylic acids is 1. The summed E-state index contributed by atoms with van der Waals surface area (Å²) < 4.78 is 1.99. The third kappa shape index (κ3) is 2.55. The molecule has 1 amide bonds. The maximum atomic E-state index is 12.7. The molecule has 3 aromatic heterocycles. The normalized spacial score (nSPS) is 13.3. The first-order chi connectivity index (χ1) is 12.7. The zero-order chi connectivity index (χ0) is 17.7. The summed E-state index contributed by atoms with van der Waals surface area (Å²) in [5, 5.41) is 3.67. The SMILES string of the molecule is Cc1c(C(=O)Nc2nc3c(s2)CCC3)sc2nc(-c3ccccc3)cn12. The predicted octanol–water partition coefficient (Wildman–Crippen LogP) is 4.57. The molecule has 4 aromatic rings. The van der Waals surface area contributed by atoms with E-state index < -0.39 is 0 Å². The minimum atomic E-state index is -0.105. The topological polar surface area (TPSA) is 59.3 Å². The zero-order valence-electron chi connectivity index (χ0n) is 14.2. The van der Waals surface area contributed by atoms with Crippen LogP contribution in [0.3, 0.4) is 0 Å². The molecule has 0 bridgehead atoms. The molecule has 0 fully saturated rings. The maximum Gasteiger partial charge on any atom is 0.269 e. The summed E-state index contributed by atoms with van der Waals surface area (Å²) in [6.07, 6.45) is 5.27. The Morgan fingerprint density at radius 2 is 2.00 bits per heavy atom. The highest BCUT2D eigenvalue weighted by molar-refractivity contribution is 7.19. The molecule has 0 aliphatic heterocycles. The van der Waals surface area contributed by atoms with Crippen LogP contribution in [0.1, 0.15) is 32.4 Å². The minimum absolute atomic E-state index is 0.105. The summed E-state index contributed by atoms with van der Waals surface area (Å²) >= 11 is 3.01. The molecule has 3 heterocycles. The number of aryl methyl sites for hydroxylation is 3. The van der Waals surface area contributed by atoms with Crippen LogP contribution in [0.2, 0.25) is 0 Å². The van der Waals surface area contributed by atoms with Crippen LogP contribution in [0, 0.1) is 6.92 Å². The molecular weight excluding hydrogens is 364 g/mol. The van der Waals surface area contributed by atoms with E-state index >= 15 is 0 Å². The molecule has 7 heteroatoms. The van der Waals surface area contributed by atoms with Crippen LogP contribution in [-0.4, -0.2) is 20.3 Å². The van der Waals surface area contributed by atoms with Gasteiger partial charge in [-0.2, -0.15) is 0 Å². The van der Waals surface area contributed by atoms with Gasteiger partial charge in [0.15, 0.2) is 10.1 Å². The lowest BCUT2D eigenvalue weighted by Crippen LogP contribution is -2.11. The lowest BCUT2D eigenvalue weighted by Gasteiger charge is -2.01. The Bertz CT molecular complexity index is 1100. The fourth-order valence-corrected chi connectivity index (χ4v) is 5.36. The van der Waals surface area contributed by atoms with E-state index in [2.05, 4.69) is 15.3 Å². The molecule has 1 aliphatic carbocycles. The average Bonchev–Trinajstić information content (AvgIpc) is 3.37. The van der Waals surface area contributed by atoms with E-state index in [0.717, 1.165) is 40.4 Å². The Labute approximate surface area is 158 Å². The van der Waals surface area contributed by atoms with Crippen LogP contribution in [0.25, 0.3) is 16.2 Å². The van der Waals surface area contributed by atoms with Crippen molar-refractivity contribution in [1.82, 2.24) is 14.4 Å². The monoisotopic (exact) mass is 380 g/mol. The Morgan fingerprint density at radius 3 is 2.77 bits per heavy atom. The predicted molar refractivity (Wildman–Crippen MR) is 105 cm³/mol. The summed E-state index contributed by atoms with van der Waals surface area (Å²) in [5.74, 6) is -0.105. The van der Waals surface area contributed by atoms with E-state index in [1.807, 2.05) is 47.9 Å². The molecule has 0 saturated heterocycles. The Morgan fingerprint density at radius 1 is 1.15 bits per heavy atom. The van der Waals surface area contributed by atoms with Crippen LogP contribution >= 0.6 is 22.7 Å². The molecule has 0 unspecified atom stereocenters. The number of benzene rings is 1. The number of aromatic nitrogens is 3. The largest absolute Gasteiger partial charge is 0.297 e. The summed E-state index contributed by atoms with van der Waals surface area (Å²) in [5.41, 5.74) is 4.05. The Hall–Kier alpha value is -2.51. The molecule has 1 aromatic carbocycles. The minimum Gasteiger partial charge on any atom is -0.297 e. The maximum absolute atomic E-state index is 12.7. The second-order valence-corrected chi connectivity index (χ2v) is 8.42. The number of thiazole rings is 2. The number of amides is 1. The van der Waals surface area contributed by atoms with Crippen LogP contribution in [-0.2, 0) is 12.8 Å². The van der Waals surface area contributed by atoms with Crippen molar-refractivity contribution in [2.24, 2.45) is 0 Å². The first kappa shape index (κ1) is 15.7. The summed E-state index contributed by atoms with van der Waals surface area (Å²) in [7, 11) is 0. The molecule has 0 atom stereocenters. The van der Waals surface area contributed by atoms with Crippen LogP contribution in [0.4, 0.5) is 5.13 Å². The second-order valence-electron chi connectivity index (χ2n) is 6.36. The molecule has 130 valence electrons.